The molecule has 0 radical (unpaired) electrons. The van der Waals surface area contributed by atoms with Gasteiger partial charge in [-0.3, -0.25) is 4.79 Å². The number of nitrogens with zero attached hydrogens (tertiary/aromatic N) is 2. The van der Waals surface area contributed by atoms with E-state index < -0.39 is 10.1 Å². The SMILES string of the molecule is CCC(=O)N1CCCN(CCS(=O)(=O)Oc2ccccc2)CC1. The number of hydrogen-bond donors (Lipinski definition) is 0. The second-order valence-electron chi connectivity index (χ2n) is 5.59. The summed E-state index contributed by atoms with van der Waals surface area (Å²) >= 11 is 0. The molecule has 0 saturated carbocycles. The largest absolute Gasteiger partial charge is 0.382 e. The van der Waals surface area contributed by atoms with Crippen LogP contribution in [0.4, 0.5) is 0 Å². The molecule has 0 aliphatic carbocycles. The summed E-state index contributed by atoms with van der Waals surface area (Å²) in [7, 11) is -3.60. The molecule has 1 aromatic rings. The predicted molar refractivity (Wildman–Crippen MR) is 88.8 cm³/mol. The van der Waals surface area contributed by atoms with Gasteiger partial charge in [-0.25, -0.2) is 0 Å². The van der Waals surface area contributed by atoms with E-state index in [2.05, 4.69) is 4.90 Å². The number of carbonyl (C=O) groups is 1. The summed E-state index contributed by atoms with van der Waals surface area (Å²) in [5.41, 5.74) is 0. The maximum absolute atomic E-state index is 12.0. The lowest BCUT2D eigenvalue weighted by Crippen LogP contribution is -2.36. The molecule has 128 valence electrons. The molecule has 1 amide bonds. The van der Waals surface area contributed by atoms with E-state index >= 15 is 0 Å². The molecule has 0 atom stereocenters. The molecule has 0 unspecified atom stereocenters. The first kappa shape index (κ1) is 17.7. The Morgan fingerprint density at radius 2 is 1.87 bits per heavy atom. The van der Waals surface area contributed by atoms with E-state index in [1.165, 1.54) is 0 Å². The van der Waals surface area contributed by atoms with Crippen LogP contribution in [0.15, 0.2) is 30.3 Å². The normalized spacial score (nSPS) is 16.8. The molecule has 23 heavy (non-hydrogen) atoms. The number of rotatable bonds is 6. The highest BCUT2D eigenvalue weighted by Crippen LogP contribution is 2.12. The second kappa shape index (κ2) is 8.31. The lowest BCUT2D eigenvalue weighted by atomic mass is 10.3. The Labute approximate surface area is 138 Å². The van der Waals surface area contributed by atoms with Crippen molar-refractivity contribution in [1.82, 2.24) is 9.80 Å². The van der Waals surface area contributed by atoms with Gasteiger partial charge in [-0.1, -0.05) is 25.1 Å². The van der Waals surface area contributed by atoms with Crippen molar-refractivity contribution < 1.29 is 17.4 Å². The second-order valence-corrected chi connectivity index (χ2v) is 7.28. The van der Waals surface area contributed by atoms with Crippen molar-refractivity contribution in [2.24, 2.45) is 0 Å². The first-order chi connectivity index (χ1) is 11.0. The van der Waals surface area contributed by atoms with Crippen LogP contribution in [0.5, 0.6) is 5.75 Å². The molecule has 0 N–H and O–H groups in total. The first-order valence-corrected chi connectivity index (χ1v) is 9.55. The van der Waals surface area contributed by atoms with Crippen LogP contribution >= 0.6 is 0 Å². The van der Waals surface area contributed by atoms with E-state index in [4.69, 9.17) is 4.18 Å². The topological polar surface area (TPSA) is 66.9 Å². The number of amides is 1. The highest BCUT2D eigenvalue weighted by Gasteiger charge is 2.20. The van der Waals surface area contributed by atoms with Gasteiger partial charge in [0.15, 0.2) is 0 Å². The Balaban J connectivity index is 1.82. The summed E-state index contributed by atoms with van der Waals surface area (Å²) in [6, 6.07) is 8.52. The van der Waals surface area contributed by atoms with E-state index in [0.29, 0.717) is 31.8 Å². The Morgan fingerprint density at radius 1 is 1.13 bits per heavy atom. The fourth-order valence-electron chi connectivity index (χ4n) is 2.57. The third-order valence-corrected chi connectivity index (χ3v) is 5.00. The van der Waals surface area contributed by atoms with Crippen molar-refractivity contribution in [1.29, 1.82) is 0 Å². The zero-order valence-corrected chi connectivity index (χ0v) is 14.3. The molecule has 1 aliphatic rings. The van der Waals surface area contributed by atoms with Crippen LogP contribution in [0.25, 0.3) is 0 Å². The Kier molecular flexibility index (Phi) is 6.41. The third kappa shape index (κ3) is 5.84. The number of hydrogen-bond acceptors (Lipinski definition) is 5. The van der Waals surface area contributed by atoms with Gasteiger partial charge in [0.1, 0.15) is 5.75 Å². The molecule has 0 aromatic heterocycles. The molecule has 1 saturated heterocycles. The Bertz CT molecular complexity index is 604. The summed E-state index contributed by atoms with van der Waals surface area (Å²) in [5.74, 6) is 0.443. The van der Waals surface area contributed by atoms with Gasteiger partial charge < -0.3 is 14.0 Å². The van der Waals surface area contributed by atoms with E-state index in [0.717, 1.165) is 19.5 Å². The van der Waals surface area contributed by atoms with Crippen LogP contribution in [0.2, 0.25) is 0 Å². The van der Waals surface area contributed by atoms with Crippen LogP contribution < -0.4 is 4.18 Å². The fourth-order valence-corrected chi connectivity index (χ4v) is 3.54. The maximum atomic E-state index is 12.0. The average Bonchev–Trinajstić information content (AvgIpc) is 2.78. The Morgan fingerprint density at radius 3 is 2.57 bits per heavy atom. The van der Waals surface area contributed by atoms with Gasteiger partial charge in [0.2, 0.25) is 5.91 Å². The average molecular weight is 340 g/mol. The van der Waals surface area contributed by atoms with Crippen LogP contribution in [-0.4, -0.2) is 62.6 Å². The lowest BCUT2D eigenvalue weighted by Gasteiger charge is -2.21. The Hall–Kier alpha value is -1.60. The third-order valence-electron chi connectivity index (χ3n) is 3.87. The van der Waals surface area contributed by atoms with Gasteiger partial charge >= 0.3 is 10.1 Å². The van der Waals surface area contributed by atoms with Gasteiger partial charge in [-0.05, 0) is 25.1 Å². The van der Waals surface area contributed by atoms with Crippen molar-refractivity contribution in [3.8, 4) is 5.75 Å². The van der Waals surface area contributed by atoms with Crippen LogP contribution in [-0.2, 0) is 14.9 Å². The molecule has 1 aliphatic heterocycles. The van der Waals surface area contributed by atoms with Gasteiger partial charge in [0.25, 0.3) is 0 Å². The minimum absolute atomic E-state index is 0.0520. The van der Waals surface area contributed by atoms with Crippen LogP contribution in [0.1, 0.15) is 19.8 Å². The summed E-state index contributed by atoms with van der Waals surface area (Å²) in [5, 5.41) is 0. The zero-order valence-electron chi connectivity index (χ0n) is 13.5. The van der Waals surface area contributed by atoms with Crippen molar-refractivity contribution in [3.05, 3.63) is 30.3 Å². The van der Waals surface area contributed by atoms with Crippen molar-refractivity contribution in [3.63, 3.8) is 0 Å². The number of para-hydroxylation sites is 1. The van der Waals surface area contributed by atoms with Gasteiger partial charge in [-0.2, -0.15) is 8.42 Å². The predicted octanol–water partition coefficient (Wildman–Crippen LogP) is 1.34. The highest BCUT2D eigenvalue weighted by molar-refractivity contribution is 7.87. The minimum Gasteiger partial charge on any atom is -0.382 e. The molecule has 7 heteroatoms. The summed E-state index contributed by atoms with van der Waals surface area (Å²) < 4.78 is 29.1. The molecule has 2 rings (SSSR count). The minimum atomic E-state index is -3.60. The quantitative estimate of drug-likeness (QED) is 0.731. The fraction of sp³-hybridized carbons (Fsp3) is 0.562. The molecule has 6 nitrogen and oxygen atoms in total. The summed E-state index contributed by atoms with van der Waals surface area (Å²) in [6.45, 7) is 5.19. The summed E-state index contributed by atoms with van der Waals surface area (Å²) in [6.07, 6.45) is 1.38. The monoisotopic (exact) mass is 340 g/mol. The molecule has 1 aromatic carbocycles. The summed E-state index contributed by atoms with van der Waals surface area (Å²) in [4.78, 5) is 15.7. The molecular formula is C16H24N2O4S. The highest BCUT2D eigenvalue weighted by atomic mass is 32.2. The molecule has 0 bridgehead atoms. The van der Waals surface area contributed by atoms with Gasteiger partial charge in [0.05, 0.1) is 5.75 Å². The van der Waals surface area contributed by atoms with E-state index in [1.54, 1.807) is 30.3 Å². The molecule has 1 fully saturated rings. The first-order valence-electron chi connectivity index (χ1n) is 7.97. The van der Waals surface area contributed by atoms with E-state index in [1.807, 2.05) is 11.8 Å². The number of benzene rings is 1. The van der Waals surface area contributed by atoms with E-state index in [9.17, 15) is 13.2 Å². The van der Waals surface area contributed by atoms with Crippen molar-refractivity contribution in [2.45, 2.75) is 19.8 Å². The molecule has 0 spiro atoms. The zero-order chi connectivity index (χ0) is 16.7. The maximum Gasteiger partial charge on any atom is 0.310 e. The van der Waals surface area contributed by atoms with Crippen molar-refractivity contribution in [2.75, 3.05) is 38.5 Å². The van der Waals surface area contributed by atoms with Crippen LogP contribution in [0.3, 0.4) is 0 Å². The van der Waals surface area contributed by atoms with Gasteiger partial charge in [0, 0.05) is 32.6 Å². The molecule has 1 heterocycles. The van der Waals surface area contributed by atoms with Gasteiger partial charge in [-0.15, -0.1) is 0 Å². The standard InChI is InChI=1S/C16H24N2O4S/c1-2-16(19)18-10-6-9-17(11-12-18)13-14-23(20,21)22-15-7-4-3-5-8-15/h3-5,7-8H,2,6,9-14H2,1H3. The van der Waals surface area contributed by atoms with E-state index in [-0.39, 0.29) is 11.7 Å². The smallest absolute Gasteiger partial charge is 0.310 e. The van der Waals surface area contributed by atoms with Crippen LogP contribution in [0, 0.1) is 0 Å². The lowest BCUT2D eigenvalue weighted by molar-refractivity contribution is -0.130. The number of carbonyl (C=O) groups excluding carboxylic acids is 1. The molecular weight excluding hydrogens is 316 g/mol. The van der Waals surface area contributed by atoms with Crippen molar-refractivity contribution >= 4 is 16.0 Å².